The highest BCUT2D eigenvalue weighted by Gasteiger charge is 1.64. The van der Waals surface area contributed by atoms with Crippen LogP contribution in [0.4, 0.5) is 0 Å². The van der Waals surface area contributed by atoms with Crippen molar-refractivity contribution in [2.75, 3.05) is 0 Å². The Morgan fingerprint density at radius 3 is 0.750 bits per heavy atom. The predicted molar refractivity (Wildman–Crippen MR) is 61.4 cm³/mol. The Balaban J connectivity index is -0.000000117. The van der Waals surface area contributed by atoms with E-state index in [2.05, 4.69) is 13.5 Å². The van der Waals surface area contributed by atoms with E-state index in [9.17, 15) is 0 Å². The van der Waals surface area contributed by atoms with Gasteiger partial charge in [0.05, 0.1) is 0 Å². The molecule has 1 aromatic heterocycles. The first-order valence-corrected chi connectivity index (χ1v) is 6.60. The molecule has 0 atom stereocenters. The lowest BCUT2D eigenvalue weighted by Crippen LogP contribution is -1.47. The fourth-order valence-corrected chi connectivity index (χ4v) is 1.93. The second-order valence-corrected chi connectivity index (χ2v) is 3.22. The van der Waals surface area contributed by atoms with E-state index in [0.717, 1.165) is 25.5 Å². The molecule has 0 N–H and O–H groups in total. The molecular formula is C6H18N3P3. The fraction of sp³-hybridized carbons (Fsp3) is 1.00. The smallest absolute Gasteiger partial charge is 0.166 e. The van der Waals surface area contributed by atoms with Gasteiger partial charge in [-0.05, 0) is 0 Å². The lowest BCUT2D eigenvalue weighted by Gasteiger charge is -1.64. The Morgan fingerprint density at radius 1 is 0.500 bits per heavy atom. The molecule has 0 unspecified atom stereocenters. The lowest BCUT2D eigenvalue weighted by molar-refractivity contribution is 1.50. The molecule has 0 bridgehead atoms. The number of rotatable bonds is 0. The van der Waals surface area contributed by atoms with Gasteiger partial charge in [-0.25, -0.2) is 0 Å². The average molecular weight is 225 g/mol. The van der Waals surface area contributed by atoms with Crippen LogP contribution in [0.5, 0.6) is 0 Å². The van der Waals surface area contributed by atoms with E-state index in [0.29, 0.717) is 0 Å². The number of nitrogens with zero attached hydrogens (tertiary/aromatic N) is 3. The molecule has 0 aromatic carbocycles. The largest absolute Gasteiger partial charge is 0.166 e. The normalized spacial score (nSPS) is 7.50. The van der Waals surface area contributed by atoms with Crippen molar-refractivity contribution in [3.8, 4) is 0 Å². The standard InChI is InChI=1S/3C2H6.N3P3/c3*1-2;1-4-2-6-3-5-1/h3*1-2H3;. The summed E-state index contributed by atoms with van der Waals surface area (Å²) in [5.74, 6) is 0. The van der Waals surface area contributed by atoms with Crippen LogP contribution in [-0.2, 0) is 0 Å². The van der Waals surface area contributed by atoms with E-state index in [1.807, 2.05) is 41.5 Å². The molecular weight excluding hydrogens is 207 g/mol. The summed E-state index contributed by atoms with van der Waals surface area (Å²) in [5.41, 5.74) is 0. The maximum absolute atomic E-state index is 3.78. The van der Waals surface area contributed by atoms with Crippen molar-refractivity contribution in [1.82, 2.24) is 13.5 Å². The molecule has 0 aliphatic heterocycles. The van der Waals surface area contributed by atoms with Crippen LogP contribution in [0.3, 0.4) is 0 Å². The highest BCUT2D eigenvalue weighted by molar-refractivity contribution is 7.43. The van der Waals surface area contributed by atoms with E-state index in [-0.39, 0.29) is 0 Å². The third kappa shape index (κ3) is 22.4. The molecule has 1 heterocycles. The summed E-state index contributed by atoms with van der Waals surface area (Å²) in [5, 5.41) is 0. The van der Waals surface area contributed by atoms with Crippen LogP contribution in [0.1, 0.15) is 41.5 Å². The molecule has 1 aromatic rings. The fourth-order valence-electron chi connectivity index (χ4n) is 0.107. The maximum Gasteiger partial charge on any atom is 0.166 e. The van der Waals surface area contributed by atoms with Gasteiger partial charge >= 0.3 is 0 Å². The summed E-state index contributed by atoms with van der Waals surface area (Å²) in [6, 6.07) is 0. The zero-order valence-electron chi connectivity index (χ0n) is 8.68. The lowest BCUT2D eigenvalue weighted by atomic mass is 11.0. The van der Waals surface area contributed by atoms with Gasteiger partial charge < -0.3 is 0 Å². The molecule has 0 saturated carbocycles. The molecule has 0 saturated heterocycles. The third-order valence-electron chi connectivity index (χ3n) is 0.240. The third-order valence-corrected chi connectivity index (χ3v) is 2.16. The Morgan fingerprint density at radius 2 is 0.667 bits per heavy atom. The van der Waals surface area contributed by atoms with Gasteiger partial charge in [-0.3, -0.25) is 0 Å². The molecule has 0 amide bonds. The number of hydrogen-bond acceptors (Lipinski definition) is 3. The summed E-state index contributed by atoms with van der Waals surface area (Å²) in [6.45, 7) is 12.0. The minimum absolute atomic E-state index is 0.830. The van der Waals surface area contributed by atoms with E-state index in [4.69, 9.17) is 0 Å². The first kappa shape index (κ1) is 18.2. The minimum atomic E-state index is 0.830. The highest BCUT2D eigenvalue weighted by Crippen LogP contribution is 2.01. The van der Waals surface area contributed by atoms with Crippen LogP contribution in [0.25, 0.3) is 0 Å². The second kappa shape index (κ2) is 30.2. The Labute approximate surface area is 81.1 Å². The van der Waals surface area contributed by atoms with E-state index in [1.54, 1.807) is 0 Å². The van der Waals surface area contributed by atoms with Crippen molar-refractivity contribution in [1.29, 1.82) is 0 Å². The van der Waals surface area contributed by atoms with Gasteiger partial charge in [-0.15, -0.1) is 0 Å². The van der Waals surface area contributed by atoms with Gasteiger partial charge in [-0.2, -0.15) is 13.5 Å². The first-order chi connectivity index (χ1) is 6.00. The average Bonchev–Trinajstić information content (AvgIpc) is 2.29. The monoisotopic (exact) mass is 225 g/mol. The molecule has 12 heavy (non-hydrogen) atoms. The molecule has 0 fully saturated rings. The summed E-state index contributed by atoms with van der Waals surface area (Å²) >= 11 is 0. The van der Waals surface area contributed by atoms with Gasteiger partial charge in [0.25, 0.3) is 0 Å². The van der Waals surface area contributed by atoms with Gasteiger partial charge in [0.15, 0.2) is 25.5 Å². The summed E-state index contributed by atoms with van der Waals surface area (Å²) in [7, 11) is 2.49. The van der Waals surface area contributed by atoms with Gasteiger partial charge in [0, 0.05) is 0 Å². The molecule has 6 heteroatoms. The van der Waals surface area contributed by atoms with E-state index < -0.39 is 0 Å². The van der Waals surface area contributed by atoms with Crippen LogP contribution in [0.15, 0.2) is 0 Å². The van der Waals surface area contributed by atoms with Gasteiger partial charge in [0.1, 0.15) is 0 Å². The summed E-state index contributed by atoms with van der Waals surface area (Å²) < 4.78 is 11.3. The van der Waals surface area contributed by atoms with Crippen molar-refractivity contribution < 1.29 is 0 Å². The van der Waals surface area contributed by atoms with Crippen molar-refractivity contribution in [3.63, 3.8) is 0 Å². The van der Waals surface area contributed by atoms with Gasteiger partial charge in [-0.1, -0.05) is 41.5 Å². The zero-order chi connectivity index (χ0) is 10.2. The van der Waals surface area contributed by atoms with E-state index >= 15 is 0 Å². The first-order valence-electron chi connectivity index (χ1n) is 4.20. The molecule has 0 aliphatic carbocycles. The molecule has 0 radical (unpaired) electrons. The summed E-state index contributed by atoms with van der Waals surface area (Å²) in [6.07, 6.45) is 0. The number of hydrogen-bond donors (Lipinski definition) is 0. The predicted octanol–water partition coefficient (Wildman–Crippen LogP) is 4.69. The summed E-state index contributed by atoms with van der Waals surface area (Å²) in [4.78, 5) is 0. The van der Waals surface area contributed by atoms with Crippen LogP contribution >= 0.6 is 25.5 Å². The maximum atomic E-state index is 3.78. The SMILES string of the molecule is CC.CC.CC.n1pnpnp1. The van der Waals surface area contributed by atoms with Crippen molar-refractivity contribution in [2.24, 2.45) is 0 Å². The van der Waals surface area contributed by atoms with Crippen LogP contribution in [0, 0.1) is 0 Å². The van der Waals surface area contributed by atoms with Crippen molar-refractivity contribution in [3.05, 3.63) is 0 Å². The molecule has 1 rings (SSSR count). The molecule has 72 valence electrons. The topological polar surface area (TPSA) is 38.7 Å². The molecule has 0 spiro atoms. The Hall–Kier alpha value is 0.300. The highest BCUT2D eigenvalue weighted by atomic mass is 31.1. The van der Waals surface area contributed by atoms with Crippen LogP contribution < -0.4 is 0 Å². The second-order valence-electron chi connectivity index (χ2n) is 0.537. The number of aromatic nitrogens is 3. The molecule has 0 aliphatic rings. The van der Waals surface area contributed by atoms with Crippen molar-refractivity contribution in [2.45, 2.75) is 41.5 Å². The Kier molecular flexibility index (Phi) is 45.7. The van der Waals surface area contributed by atoms with Gasteiger partial charge in [0.2, 0.25) is 0 Å². The zero-order valence-corrected chi connectivity index (χ0v) is 11.4. The quantitative estimate of drug-likeness (QED) is 0.642. The van der Waals surface area contributed by atoms with Crippen molar-refractivity contribution >= 4 is 25.5 Å². The minimum Gasteiger partial charge on any atom is -0.166 e. The van der Waals surface area contributed by atoms with Crippen LogP contribution in [0.2, 0.25) is 0 Å². The Bertz CT molecular complexity index is 90.0. The molecule has 3 nitrogen and oxygen atoms in total. The van der Waals surface area contributed by atoms with E-state index in [1.165, 1.54) is 0 Å². The van der Waals surface area contributed by atoms with Crippen LogP contribution in [-0.4, -0.2) is 13.5 Å².